The Hall–Kier alpha value is -3.86. The zero-order valence-electron chi connectivity index (χ0n) is 28.4. The summed E-state index contributed by atoms with van der Waals surface area (Å²) in [5.74, 6) is -0.281. The van der Waals surface area contributed by atoms with Gasteiger partial charge in [0.15, 0.2) is 5.60 Å². The Kier molecular flexibility index (Phi) is 9.96. The van der Waals surface area contributed by atoms with Crippen LogP contribution in [0.4, 0.5) is 0 Å². The molecule has 0 bridgehead atoms. The highest BCUT2D eigenvalue weighted by atomic mass is 16.6. The van der Waals surface area contributed by atoms with Crippen LogP contribution >= 0.6 is 0 Å². The predicted molar refractivity (Wildman–Crippen MR) is 190 cm³/mol. The van der Waals surface area contributed by atoms with Crippen molar-refractivity contribution in [3.63, 3.8) is 0 Å². The Labute approximate surface area is 275 Å². The Balaban J connectivity index is 1.52. The van der Waals surface area contributed by atoms with Crippen molar-refractivity contribution in [3.8, 4) is 0 Å². The molecule has 0 aliphatic carbocycles. The fourth-order valence-corrected chi connectivity index (χ4v) is 8.03. The normalized spacial score (nSPS) is 14.0. The van der Waals surface area contributed by atoms with E-state index in [1.807, 2.05) is 12.3 Å². The number of benzene rings is 2. The molecule has 0 radical (unpaired) electrons. The van der Waals surface area contributed by atoms with Gasteiger partial charge in [-0.15, -0.1) is 0 Å². The highest BCUT2D eigenvalue weighted by Crippen LogP contribution is 2.53. The second-order valence-corrected chi connectivity index (χ2v) is 13.3. The number of esters is 1. The molecule has 5 heteroatoms. The molecule has 5 aromatic rings. The summed E-state index contributed by atoms with van der Waals surface area (Å²) in [5.41, 5.74) is 7.20. The van der Waals surface area contributed by atoms with Gasteiger partial charge in [-0.2, -0.15) is 0 Å². The van der Waals surface area contributed by atoms with Crippen LogP contribution in [0.1, 0.15) is 129 Å². The molecule has 1 aliphatic rings. The van der Waals surface area contributed by atoms with Crippen LogP contribution in [0.3, 0.4) is 0 Å². The molecule has 0 amide bonds. The molecule has 0 N–H and O–H groups in total. The zero-order chi connectivity index (χ0) is 32.1. The number of unbranched alkanes of at least 4 members (excludes halogenated alkanes) is 10. The fraction of sp³-hybridized carbons (Fsp3) is 0.463. The Morgan fingerprint density at radius 1 is 0.652 bits per heavy atom. The van der Waals surface area contributed by atoms with Crippen LogP contribution < -0.4 is 0 Å². The summed E-state index contributed by atoms with van der Waals surface area (Å²) in [6.07, 6.45) is 18.6. The van der Waals surface area contributed by atoms with E-state index in [4.69, 9.17) is 4.74 Å². The average molecular weight is 618 g/mol. The Morgan fingerprint density at radius 2 is 1.13 bits per heavy atom. The van der Waals surface area contributed by atoms with Gasteiger partial charge in [0.05, 0.1) is 5.56 Å². The number of hydrogen-bond donors (Lipinski definition) is 0. The quantitative estimate of drug-likeness (QED) is 0.0817. The van der Waals surface area contributed by atoms with E-state index in [9.17, 15) is 4.79 Å². The lowest BCUT2D eigenvalue weighted by atomic mass is 9.78. The van der Waals surface area contributed by atoms with E-state index in [1.54, 1.807) is 6.20 Å². The molecule has 2 aromatic carbocycles. The van der Waals surface area contributed by atoms with Gasteiger partial charge < -0.3 is 13.9 Å². The second kappa shape index (κ2) is 14.3. The van der Waals surface area contributed by atoms with Gasteiger partial charge in [-0.05, 0) is 44.9 Å². The van der Waals surface area contributed by atoms with Crippen LogP contribution in [0.5, 0.6) is 0 Å². The monoisotopic (exact) mass is 617 g/mol. The molecular weight excluding hydrogens is 566 g/mol. The van der Waals surface area contributed by atoms with Gasteiger partial charge in [-0.25, -0.2) is 4.79 Å². The molecule has 1 aliphatic heterocycles. The van der Waals surface area contributed by atoms with Crippen LogP contribution in [0.2, 0.25) is 0 Å². The third-order valence-corrected chi connectivity index (χ3v) is 10.3. The summed E-state index contributed by atoms with van der Waals surface area (Å²) < 4.78 is 11.8. The van der Waals surface area contributed by atoms with E-state index in [-0.39, 0.29) is 5.97 Å². The van der Waals surface area contributed by atoms with Crippen LogP contribution in [-0.4, -0.2) is 20.1 Å². The Bertz CT molecular complexity index is 1710. The third kappa shape index (κ3) is 5.67. The summed E-state index contributed by atoms with van der Waals surface area (Å²) >= 11 is 0. The minimum Gasteiger partial charge on any atom is -0.440 e. The maximum absolute atomic E-state index is 13.9. The number of cyclic esters (lactones) is 1. The first-order valence-electron chi connectivity index (χ1n) is 17.9. The summed E-state index contributed by atoms with van der Waals surface area (Å²) in [6, 6.07) is 19.2. The number of rotatable bonds is 16. The molecule has 0 fully saturated rings. The standard InChI is InChI=1S/C41H51N3O2/c1-5-7-9-11-13-19-27-43-30(3)38(33-21-15-17-23-36(33)43)41(35-29-42-26-25-32(35)40(45)46-41)39-31(4)44(28-20-14-12-10-8-6-2)37-24-18-16-22-34(37)39/h15-18,21-26,29H,5-14,19-20,27-28H2,1-4H3. The van der Waals surface area contributed by atoms with E-state index in [1.165, 1.54) is 75.2 Å². The molecule has 0 atom stereocenters. The van der Waals surface area contributed by atoms with Gasteiger partial charge in [0.1, 0.15) is 0 Å². The minimum absolute atomic E-state index is 0.281. The number of hydrogen-bond acceptors (Lipinski definition) is 3. The third-order valence-electron chi connectivity index (χ3n) is 10.3. The number of aromatic nitrogens is 3. The summed E-state index contributed by atoms with van der Waals surface area (Å²) in [4.78, 5) is 18.5. The first kappa shape index (κ1) is 32.1. The van der Waals surface area contributed by atoms with Crippen molar-refractivity contribution in [2.24, 2.45) is 0 Å². The predicted octanol–water partition coefficient (Wildman–Crippen LogP) is 10.8. The van der Waals surface area contributed by atoms with Crippen molar-refractivity contribution in [1.82, 2.24) is 14.1 Å². The van der Waals surface area contributed by atoms with Gasteiger partial charge in [0.25, 0.3) is 0 Å². The van der Waals surface area contributed by atoms with Gasteiger partial charge in [0, 0.05) is 75.4 Å². The molecular formula is C41H51N3O2. The van der Waals surface area contributed by atoms with E-state index in [2.05, 4.69) is 90.3 Å². The molecule has 242 valence electrons. The number of fused-ring (bicyclic) bond motifs is 3. The lowest BCUT2D eigenvalue weighted by Crippen LogP contribution is -2.31. The van der Waals surface area contributed by atoms with E-state index >= 15 is 0 Å². The summed E-state index contributed by atoms with van der Waals surface area (Å²) in [7, 11) is 0. The van der Waals surface area contributed by atoms with Crippen molar-refractivity contribution in [2.45, 2.75) is 123 Å². The molecule has 0 saturated carbocycles. The summed E-state index contributed by atoms with van der Waals surface area (Å²) in [6.45, 7) is 10.9. The molecule has 5 nitrogen and oxygen atoms in total. The number of ether oxygens (including phenoxy) is 1. The molecule has 4 heterocycles. The van der Waals surface area contributed by atoms with Crippen molar-refractivity contribution < 1.29 is 9.53 Å². The van der Waals surface area contributed by atoms with E-state index in [0.717, 1.165) is 64.8 Å². The average Bonchev–Trinajstić information content (AvgIpc) is 3.64. The lowest BCUT2D eigenvalue weighted by Gasteiger charge is -2.31. The molecule has 46 heavy (non-hydrogen) atoms. The lowest BCUT2D eigenvalue weighted by molar-refractivity contribution is 0.0255. The van der Waals surface area contributed by atoms with Crippen molar-refractivity contribution in [1.29, 1.82) is 0 Å². The van der Waals surface area contributed by atoms with Crippen molar-refractivity contribution in [3.05, 3.63) is 101 Å². The van der Waals surface area contributed by atoms with Gasteiger partial charge in [0.2, 0.25) is 0 Å². The SMILES string of the molecule is CCCCCCCCn1c(C)c(C2(c3c(C)n(CCCCCCCC)c4ccccc34)OC(=O)c3ccncc32)c2ccccc21. The summed E-state index contributed by atoms with van der Waals surface area (Å²) in [5, 5.41) is 2.28. The molecule has 0 unspecified atom stereocenters. The number of nitrogens with zero attached hydrogens (tertiary/aromatic N) is 3. The zero-order valence-corrected chi connectivity index (χ0v) is 28.4. The molecule has 0 saturated heterocycles. The maximum Gasteiger partial charge on any atom is 0.340 e. The van der Waals surface area contributed by atoms with Crippen LogP contribution in [0, 0.1) is 13.8 Å². The second-order valence-electron chi connectivity index (χ2n) is 13.3. The van der Waals surface area contributed by atoms with E-state index in [0.29, 0.717) is 5.56 Å². The van der Waals surface area contributed by atoms with Crippen LogP contribution in [0.15, 0.2) is 67.0 Å². The minimum atomic E-state index is -1.10. The first-order chi connectivity index (χ1) is 22.5. The number of carbonyl (C=O) groups is 1. The van der Waals surface area contributed by atoms with Crippen molar-refractivity contribution in [2.75, 3.05) is 0 Å². The smallest absolute Gasteiger partial charge is 0.340 e. The number of aryl methyl sites for hydroxylation is 2. The molecule has 6 rings (SSSR count). The van der Waals surface area contributed by atoms with Gasteiger partial charge in [-0.1, -0.05) is 114 Å². The van der Waals surface area contributed by atoms with E-state index < -0.39 is 5.60 Å². The highest BCUT2D eigenvalue weighted by Gasteiger charge is 2.53. The maximum atomic E-state index is 13.9. The number of para-hydroxylation sites is 2. The Morgan fingerprint density at radius 3 is 1.65 bits per heavy atom. The van der Waals surface area contributed by atoms with Crippen LogP contribution in [-0.2, 0) is 23.4 Å². The molecule has 0 spiro atoms. The topological polar surface area (TPSA) is 49.0 Å². The number of pyridine rings is 1. The number of carbonyl (C=O) groups excluding carboxylic acids is 1. The van der Waals surface area contributed by atoms with Gasteiger partial charge in [-0.3, -0.25) is 4.98 Å². The largest absolute Gasteiger partial charge is 0.440 e. The van der Waals surface area contributed by atoms with Gasteiger partial charge >= 0.3 is 5.97 Å². The van der Waals surface area contributed by atoms with Crippen LogP contribution in [0.25, 0.3) is 21.8 Å². The van der Waals surface area contributed by atoms with Crippen molar-refractivity contribution >= 4 is 27.8 Å². The first-order valence-corrected chi connectivity index (χ1v) is 17.9. The molecule has 3 aromatic heterocycles. The highest BCUT2D eigenvalue weighted by molar-refractivity contribution is 6.01. The fourth-order valence-electron chi connectivity index (χ4n) is 8.03.